The zero-order valence-corrected chi connectivity index (χ0v) is 17.7. The van der Waals surface area contributed by atoms with Crippen LogP contribution < -0.4 is 10.6 Å². The molecule has 1 aromatic carbocycles. The fourth-order valence-corrected chi connectivity index (χ4v) is 2.68. The van der Waals surface area contributed by atoms with Crippen molar-refractivity contribution in [3.05, 3.63) is 34.3 Å². The standard InChI is InChI=1S/C15H22BrF3N4.HI/c1-11(12-6-4-5-7-13(12)16)22-14(20-2)21-8-9-23(3)10-15(17,18)19;/h4-7,11H,8-10H2,1-3H3,(H2,20,21,22);1H. The molecule has 24 heavy (non-hydrogen) atoms. The molecule has 0 bridgehead atoms. The van der Waals surface area contributed by atoms with Crippen molar-refractivity contribution < 1.29 is 13.2 Å². The molecule has 138 valence electrons. The minimum atomic E-state index is -4.18. The number of hydrogen-bond acceptors (Lipinski definition) is 2. The van der Waals surface area contributed by atoms with Crippen LogP contribution in [-0.4, -0.2) is 50.8 Å². The van der Waals surface area contributed by atoms with E-state index >= 15 is 0 Å². The van der Waals surface area contributed by atoms with Crippen LogP contribution in [0, 0.1) is 0 Å². The minimum absolute atomic E-state index is 0. The number of aliphatic imine (C=N–C) groups is 1. The zero-order valence-electron chi connectivity index (χ0n) is 13.8. The molecule has 0 saturated carbocycles. The maximum atomic E-state index is 12.3. The molecule has 1 atom stereocenters. The maximum Gasteiger partial charge on any atom is 0.401 e. The predicted molar refractivity (Wildman–Crippen MR) is 106 cm³/mol. The summed E-state index contributed by atoms with van der Waals surface area (Å²) in [6, 6.07) is 7.83. The number of nitrogens with zero attached hydrogens (tertiary/aromatic N) is 2. The van der Waals surface area contributed by atoms with Crippen LogP contribution in [-0.2, 0) is 0 Å². The first-order chi connectivity index (χ1) is 10.7. The molecule has 4 nitrogen and oxygen atoms in total. The molecule has 0 heterocycles. The highest BCUT2D eigenvalue weighted by atomic mass is 127. The monoisotopic (exact) mass is 522 g/mol. The molecule has 9 heteroatoms. The highest BCUT2D eigenvalue weighted by Crippen LogP contribution is 2.22. The normalized spacial score (nSPS) is 13.4. The lowest BCUT2D eigenvalue weighted by molar-refractivity contribution is -0.142. The van der Waals surface area contributed by atoms with E-state index in [1.54, 1.807) is 7.05 Å². The van der Waals surface area contributed by atoms with Gasteiger partial charge in [-0.15, -0.1) is 24.0 Å². The number of alkyl halides is 3. The lowest BCUT2D eigenvalue weighted by Crippen LogP contribution is -2.43. The van der Waals surface area contributed by atoms with Gasteiger partial charge in [0.1, 0.15) is 0 Å². The van der Waals surface area contributed by atoms with Crippen molar-refractivity contribution in [2.24, 2.45) is 4.99 Å². The summed E-state index contributed by atoms with van der Waals surface area (Å²) in [6.45, 7) is 1.70. The largest absolute Gasteiger partial charge is 0.401 e. The van der Waals surface area contributed by atoms with E-state index < -0.39 is 12.7 Å². The van der Waals surface area contributed by atoms with Gasteiger partial charge >= 0.3 is 6.18 Å². The number of rotatable bonds is 6. The molecule has 0 saturated heterocycles. The molecule has 1 aromatic rings. The second-order valence-electron chi connectivity index (χ2n) is 5.24. The Kier molecular flexibility index (Phi) is 10.9. The highest BCUT2D eigenvalue weighted by molar-refractivity contribution is 14.0. The van der Waals surface area contributed by atoms with Crippen LogP contribution in [0.3, 0.4) is 0 Å². The summed E-state index contributed by atoms with van der Waals surface area (Å²) in [5.74, 6) is 0.550. The molecule has 0 aliphatic heterocycles. The van der Waals surface area contributed by atoms with E-state index in [0.29, 0.717) is 12.5 Å². The summed E-state index contributed by atoms with van der Waals surface area (Å²) in [4.78, 5) is 5.31. The van der Waals surface area contributed by atoms with Gasteiger partial charge in [-0.05, 0) is 25.6 Å². The molecule has 0 radical (unpaired) electrons. The third-order valence-corrected chi connectivity index (χ3v) is 3.91. The van der Waals surface area contributed by atoms with E-state index in [9.17, 15) is 13.2 Å². The van der Waals surface area contributed by atoms with Crippen molar-refractivity contribution in [2.45, 2.75) is 19.1 Å². The van der Waals surface area contributed by atoms with Crippen LogP contribution in [0.25, 0.3) is 0 Å². The van der Waals surface area contributed by atoms with Crippen LogP contribution in [0.2, 0.25) is 0 Å². The topological polar surface area (TPSA) is 39.7 Å². The van der Waals surface area contributed by atoms with Gasteiger partial charge in [0.2, 0.25) is 0 Å². The lowest BCUT2D eigenvalue weighted by atomic mass is 10.1. The number of halogens is 5. The van der Waals surface area contributed by atoms with Crippen molar-refractivity contribution in [1.82, 2.24) is 15.5 Å². The number of guanidine groups is 1. The van der Waals surface area contributed by atoms with Crippen LogP contribution in [0.15, 0.2) is 33.7 Å². The maximum absolute atomic E-state index is 12.3. The third kappa shape index (κ3) is 9.07. The molecule has 0 spiro atoms. The zero-order chi connectivity index (χ0) is 17.5. The molecule has 0 aromatic heterocycles. The molecule has 0 aliphatic rings. The van der Waals surface area contributed by atoms with Crippen molar-refractivity contribution in [2.75, 3.05) is 33.7 Å². The van der Waals surface area contributed by atoms with Gasteiger partial charge in [0, 0.05) is 24.6 Å². The Balaban J connectivity index is 0.00000529. The first-order valence-corrected chi connectivity index (χ1v) is 7.99. The molecule has 0 aliphatic carbocycles. The molecule has 2 N–H and O–H groups in total. The SMILES string of the molecule is CN=C(NCCN(C)CC(F)(F)F)NC(C)c1ccccc1Br.I. The van der Waals surface area contributed by atoms with E-state index in [1.165, 1.54) is 11.9 Å². The van der Waals surface area contributed by atoms with E-state index in [2.05, 4.69) is 31.6 Å². The second kappa shape index (κ2) is 11.1. The van der Waals surface area contributed by atoms with Crippen LogP contribution in [0.1, 0.15) is 18.5 Å². The van der Waals surface area contributed by atoms with Gasteiger partial charge in [-0.25, -0.2) is 0 Å². The summed E-state index contributed by atoms with van der Waals surface area (Å²) < 4.78 is 37.7. The fourth-order valence-electron chi connectivity index (χ4n) is 2.05. The van der Waals surface area contributed by atoms with Crippen molar-refractivity contribution in [3.8, 4) is 0 Å². The average Bonchev–Trinajstić information content (AvgIpc) is 2.44. The average molecular weight is 523 g/mol. The number of benzene rings is 1. The van der Waals surface area contributed by atoms with E-state index in [0.717, 1.165) is 10.0 Å². The highest BCUT2D eigenvalue weighted by Gasteiger charge is 2.28. The molecule has 0 amide bonds. The van der Waals surface area contributed by atoms with Gasteiger partial charge in [0.05, 0.1) is 12.6 Å². The number of nitrogens with one attached hydrogen (secondary N) is 2. The van der Waals surface area contributed by atoms with Gasteiger partial charge in [0.25, 0.3) is 0 Å². The molecular weight excluding hydrogens is 500 g/mol. The lowest BCUT2D eigenvalue weighted by Gasteiger charge is -2.21. The number of hydrogen-bond donors (Lipinski definition) is 2. The fraction of sp³-hybridized carbons (Fsp3) is 0.533. The summed E-state index contributed by atoms with van der Waals surface area (Å²) >= 11 is 3.49. The Bertz CT molecular complexity index is 526. The number of likely N-dealkylation sites (N-methyl/N-ethyl adjacent to an activating group) is 1. The third-order valence-electron chi connectivity index (χ3n) is 3.18. The first kappa shape index (κ1) is 23.4. The van der Waals surface area contributed by atoms with Gasteiger partial charge in [-0.1, -0.05) is 34.1 Å². The van der Waals surface area contributed by atoms with Gasteiger partial charge < -0.3 is 10.6 Å². The minimum Gasteiger partial charge on any atom is -0.355 e. The Morgan fingerprint density at radius 1 is 1.33 bits per heavy atom. The molecular formula is C15H23BrF3IN4. The Morgan fingerprint density at radius 3 is 2.50 bits per heavy atom. The summed E-state index contributed by atoms with van der Waals surface area (Å²) in [7, 11) is 3.07. The summed E-state index contributed by atoms with van der Waals surface area (Å²) in [6.07, 6.45) is -4.18. The van der Waals surface area contributed by atoms with Gasteiger partial charge in [0.15, 0.2) is 5.96 Å². The molecule has 0 fully saturated rings. The van der Waals surface area contributed by atoms with E-state index in [1.807, 2.05) is 31.2 Å². The smallest absolute Gasteiger partial charge is 0.355 e. The molecule has 1 unspecified atom stereocenters. The van der Waals surface area contributed by atoms with Crippen molar-refractivity contribution in [3.63, 3.8) is 0 Å². The van der Waals surface area contributed by atoms with Gasteiger partial charge in [-0.2, -0.15) is 13.2 Å². The van der Waals surface area contributed by atoms with Crippen molar-refractivity contribution in [1.29, 1.82) is 0 Å². The van der Waals surface area contributed by atoms with Gasteiger partial charge in [-0.3, -0.25) is 9.89 Å². The Morgan fingerprint density at radius 2 is 1.96 bits per heavy atom. The second-order valence-corrected chi connectivity index (χ2v) is 6.09. The Hall–Kier alpha value is -0.550. The van der Waals surface area contributed by atoms with E-state index in [4.69, 9.17) is 0 Å². The van der Waals surface area contributed by atoms with Crippen LogP contribution >= 0.6 is 39.9 Å². The molecule has 1 rings (SSSR count). The van der Waals surface area contributed by atoms with Crippen molar-refractivity contribution >= 4 is 45.9 Å². The first-order valence-electron chi connectivity index (χ1n) is 7.20. The van der Waals surface area contributed by atoms with Crippen LogP contribution in [0.4, 0.5) is 13.2 Å². The summed E-state index contributed by atoms with van der Waals surface area (Å²) in [5.41, 5.74) is 1.07. The Labute approximate surface area is 166 Å². The summed E-state index contributed by atoms with van der Waals surface area (Å²) in [5, 5.41) is 6.23. The van der Waals surface area contributed by atoms with Crippen LogP contribution in [0.5, 0.6) is 0 Å². The predicted octanol–water partition coefficient (Wildman–Crippen LogP) is 3.79. The quantitative estimate of drug-likeness (QED) is 0.339. The van der Waals surface area contributed by atoms with E-state index in [-0.39, 0.29) is 36.6 Å².